The van der Waals surface area contributed by atoms with E-state index >= 15 is 0 Å². The van der Waals surface area contributed by atoms with Gasteiger partial charge in [0.1, 0.15) is 31.0 Å². The predicted octanol–water partition coefficient (Wildman–Crippen LogP) is 5.65. The summed E-state index contributed by atoms with van der Waals surface area (Å²) in [5.41, 5.74) is 3.12. The fourth-order valence-electron chi connectivity index (χ4n) is 4.57. The highest BCUT2D eigenvalue weighted by atomic mass is 16.6. The van der Waals surface area contributed by atoms with Crippen LogP contribution in [0.4, 0.5) is 0 Å². The lowest BCUT2D eigenvalue weighted by Crippen LogP contribution is -2.61. The maximum absolute atomic E-state index is 11.7. The second-order valence-electron chi connectivity index (χ2n) is 9.32. The van der Waals surface area contributed by atoms with Crippen LogP contribution in [0.2, 0.25) is 0 Å². The fraction of sp³-hybridized carbons (Fsp3) is 0.344. The van der Waals surface area contributed by atoms with Crippen LogP contribution in [0.5, 0.6) is 0 Å². The Morgan fingerprint density at radius 2 is 1.13 bits per heavy atom. The van der Waals surface area contributed by atoms with Crippen molar-refractivity contribution in [1.29, 1.82) is 0 Å². The highest BCUT2D eigenvalue weighted by molar-refractivity contribution is 5.65. The number of benzene rings is 3. The Kier molecular flexibility index (Phi) is 10.7. The van der Waals surface area contributed by atoms with E-state index in [1.54, 1.807) is 0 Å². The van der Waals surface area contributed by atoms with Gasteiger partial charge in [-0.15, -0.1) is 6.58 Å². The normalized spacial score (nSPS) is 23.0. The molecule has 1 saturated heterocycles. The minimum Gasteiger partial charge on any atom is -0.463 e. The van der Waals surface area contributed by atoms with Crippen LogP contribution in [0.3, 0.4) is 0 Å². The summed E-state index contributed by atoms with van der Waals surface area (Å²) in [5.74, 6) is -0.375. The second-order valence-corrected chi connectivity index (χ2v) is 9.32. The van der Waals surface area contributed by atoms with Crippen molar-refractivity contribution in [2.24, 2.45) is 0 Å². The molecule has 0 aliphatic carbocycles. The lowest BCUT2D eigenvalue weighted by atomic mass is 9.92. The summed E-state index contributed by atoms with van der Waals surface area (Å²) in [5, 5.41) is 0. The van der Waals surface area contributed by atoms with Gasteiger partial charge in [-0.25, -0.2) is 0 Å². The minimum atomic E-state index is -0.542. The zero-order valence-corrected chi connectivity index (χ0v) is 21.8. The highest BCUT2D eigenvalue weighted by Crippen LogP contribution is 2.32. The summed E-state index contributed by atoms with van der Waals surface area (Å²) in [7, 11) is 0. The molecule has 0 saturated carbocycles. The molecule has 6 nitrogen and oxygen atoms in total. The zero-order valence-electron chi connectivity index (χ0n) is 21.8. The summed E-state index contributed by atoms with van der Waals surface area (Å²) in [6.45, 7) is 6.50. The van der Waals surface area contributed by atoms with E-state index < -0.39 is 24.4 Å². The molecule has 5 atom stereocenters. The average Bonchev–Trinajstić information content (AvgIpc) is 2.95. The number of hydrogen-bond donors (Lipinski definition) is 0. The molecule has 3 aromatic carbocycles. The van der Waals surface area contributed by atoms with Crippen molar-refractivity contribution >= 4 is 5.97 Å². The van der Waals surface area contributed by atoms with Crippen LogP contribution in [-0.2, 0) is 48.3 Å². The third-order valence-electron chi connectivity index (χ3n) is 6.44. The Labute approximate surface area is 225 Å². The summed E-state index contributed by atoms with van der Waals surface area (Å²) in [4.78, 5) is 11.7. The third-order valence-corrected chi connectivity index (χ3v) is 6.44. The molecule has 0 aromatic heterocycles. The van der Waals surface area contributed by atoms with Gasteiger partial charge in [-0.2, -0.15) is 0 Å². The molecule has 0 unspecified atom stereocenters. The molecule has 0 radical (unpaired) electrons. The molecule has 6 heteroatoms. The molecule has 1 aliphatic heterocycles. The topological polar surface area (TPSA) is 63.2 Å². The summed E-state index contributed by atoms with van der Waals surface area (Å²) >= 11 is 0. The van der Waals surface area contributed by atoms with Crippen molar-refractivity contribution < 1.29 is 28.5 Å². The van der Waals surface area contributed by atoms with E-state index in [4.69, 9.17) is 23.7 Å². The number of carbonyl (C=O) groups is 1. The van der Waals surface area contributed by atoms with Gasteiger partial charge in [-0.1, -0.05) is 97.1 Å². The number of rotatable bonds is 13. The Balaban J connectivity index is 1.62. The first-order valence-electron chi connectivity index (χ1n) is 13.0. The molecule has 3 aromatic rings. The number of ether oxygens (including phenoxy) is 5. The summed E-state index contributed by atoms with van der Waals surface area (Å²) in [6, 6.07) is 29.9. The van der Waals surface area contributed by atoms with Gasteiger partial charge in [0.25, 0.3) is 0 Å². The molecule has 0 amide bonds. The van der Waals surface area contributed by atoms with Crippen LogP contribution in [0.15, 0.2) is 104 Å². The SMILES string of the molecule is C=CC[C@H]1O[C@H](COC(C)=O)[C@H](OCc2ccccc2)[C@H](OCc2ccccc2)[C@H]1OCc1ccccc1. The average molecular weight is 517 g/mol. The van der Waals surface area contributed by atoms with Gasteiger partial charge in [-0.05, 0) is 23.1 Å². The van der Waals surface area contributed by atoms with Gasteiger partial charge in [-0.3, -0.25) is 4.79 Å². The largest absolute Gasteiger partial charge is 0.463 e. The van der Waals surface area contributed by atoms with E-state index in [9.17, 15) is 4.79 Å². The monoisotopic (exact) mass is 516 g/mol. The molecule has 1 heterocycles. The van der Waals surface area contributed by atoms with Crippen molar-refractivity contribution in [2.45, 2.75) is 63.7 Å². The standard InChI is InChI=1S/C32H36O6/c1-3-13-28-30(35-20-25-14-7-4-8-15-25)32(37-22-27-18-11-6-12-19-27)31(29(38-28)23-34-24(2)33)36-21-26-16-9-5-10-17-26/h3-12,14-19,28-32H,1,13,20-23H2,2H3/t28-,29-,30+,31+,32-/m1/s1. The zero-order chi connectivity index (χ0) is 26.6. The number of hydrogen-bond acceptors (Lipinski definition) is 6. The summed E-state index contributed by atoms with van der Waals surface area (Å²) < 4.78 is 31.4. The fourth-order valence-corrected chi connectivity index (χ4v) is 4.57. The maximum Gasteiger partial charge on any atom is 0.302 e. The lowest BCUT2D eigenvalue weighted by Gasteiger charge is -2.46. The first-order chi connectivity index (χ1) is 18.6. The quantitative estimate of drug-likeness (QED) is 0.216. The van der Waals surface area contributed by atoms with Gasteiger partial charge < -0.3 is 23.7 Å². The van der Waals surface area contributed by atoms with Crippen molar-refractivity contribution in [1.82, 2.24) is 0 Å². The van der Waals surface area contributed by atoms with Gasteiger partial charge in [0.05, 0.1) is 25.9 Å². The molecule has 0 bridgehead atoms. The van der Waals surface area contributed by atoms with Crippen LogP contribution >= 0.6 is 0 Å². The molecule has 38 heavy (non-hydrogen) atoms. The van der Waals surface area contributed by atoms with E-state index in [0.29, 0.717) is 26.2 Å². The second kappa shape index (κ2) is 14.6. The van der Waals surface area contributed by atoms with Crippen LogP contribution in [0, 0.1) is 0 Å². The Morgan fingerprint density at radius 1 is 0.711 bits per heavy atom. The Hall–Kier alpha value is -3.29. The highest BCUT2D eigenvalue weighted by Gasteiger charge is 2.48. The molecular weight excluding hydrogens is 480 g/mol. The predicted molar refractivity (Wildman–Crippen MR) is 145 cm³/mol. The van der Waals surface area contributed by atoms with Gasteiger partial charge in [0.2, 0.25) is 0 Å². The maximum atomic E-state index is 11.7. The summed E-state index contributed by atoms with van der Waals surface area (Å²) in [6.07, 6.45) is 0.00524. The smallest absolute Gasteiger partial charge is 0.302 e. The Bertz CT molecular complexity index is 1100. The first kappa shape index (κ1) is 27.7. The molecule has 0 N–H and O–H groups in total. The van der Waals surface area contributed by atoms with Gasteiger partial charge >= 0.3 is 5.97 Å². The number of esters is 1. The van der Waals surface area contributed by atoms with Crippen molar-refractivity contribution in [2.75, 3.05) is 6.61 Å². The van der Waals surface area contributed by atoms with Crippen LogP contribution < -0.4 is 0 Å². The van der Waals surface area contributed by atoms with E-state index in [0.717, 1.165) is 16.7 Å². The van der Waals surface area contributed by atoms with Crippen LogP contribution in [0.1, 0.15) is 30.0 Å². The molecule has 0 spiro atoms. The molecular formula is C32H36O6. The van der Waals surface area contributed by atoms with Crippen molar-refractivity contribution in [3.05, 3.63) is 120 Å². The van der Waals surface area contributed by atoms with Crippen LogP contribution in [0.25, 0.3) is 0 Å². The van der Waals surface area contributed by atoms with Gasteiger partial charge in [0, 0.05) is 6.92 Å². The minimum absolute atomic E-state index is 0.0546. The third kappa shape index (κ3) is 8.10. The molecule has 4 rings (SSSR count). The van der Waals surface area contributed by atoms with E-state index in [-0.39, 0.29) is 18.7 Å². The molecule has 200 valence electrons. The van der Waals surface area contributed by atoms with Crippen molar-refractivity contribution in [3.63, 3.8) is 0 Å². The molecule has 1 fully saturated rings. The van der Waals surface area contributed by atoms with E-state index in [1.807, 2.05) is 97.1 Å². The van der Waals surface area contributed by atoms with Crippen LogP contribution in [-0.4, -0.2) is 43.1 Å². The Morgan fingerprint density at radius 3 is 1.55 bits per heavy atom. The van der Waals surface area contributed by atoms with E-state index in [1.165, 1.54) is 6.92 Å². The molecule has 1 aliphatic rings. The first-order valence-corrected chi connectivity index (χ1v) is 13.0. The number of carbonyl (C=O) groups excluding carboxylic acids is 1. The lowest BCUT2D eigenvalue weighted by molar-refractivity contribution is -0.270. The van der Waals surface area contributed by atoms with Gasteiger partial charge in [0.15, 0.2) is 0 Å². The van der Waals surface area contributed by atoms with Crippen molar-refractivity contribution in [3.8, 4) is 0 Å². The van der Waals surface area contributed by atoms with E-state index in [2.05, 4.69) is 6.58 Å².